The van der Waals surface area contributed by atoms with Gasteiger partial charge in [0, 0.05) is 6.54 Å². The van der Waals surface area contributed by atoms with Gasteiger partial charge in [0.25, 0.3) is 11.8 Å². The standard InChI is InChI=1S/C23H22N2O5/c1-16(17-8-3-2-4-9-17)14-24-21(26)15-30-23(28)18-10-5-6-11-19(18)25-22(27)20-12-7-13-29-20/h2-13,16H,14-15H2,1H3,(H,24,26)(H,25,27)/t16-/m0/s1. The Balaban J connectivity index is 1.52. The van der Waals surface area contributed by atoms with Crippen molar-refractivity contribution < 1.29 is 23.5 Å². The van der Waals surface area contributed by atoms with Crippen molar-refractivity contribution in [1.82, 2.24) is 5.32 Å². The van der Waals surface area contributed by atoms with Crippen LogP contribution in [-0.4, -0.2) is 30.9 Å². The van der Waals surface area contributed by atoms with E-state index in [9.17, 15) is 14.4 Å². The number of carbonyl (C=O) groups excluding carboxylic acids is 3. The second-order valence-electron chi connectivity index (χ2n) is 6.67. The molecule has 1 atom stereocenters. The molecular formula is C23H22N2O5. The van der Waals surface area contributed by atoms with E-state index in [0.717, 1.165) is 5.56 Å². The van der Waals surface area contributed by atoms with Gasteiger partial charge in [0.15, 0.2) is 12.4 Å². The van der Waals surface area contributed by atoms with Gasteiger partial charge in [-0.25, -0.2) is 4.79 Å². The second-order valence-corrected chi connectivity index (χ2v) is 6.67. The van der Waals surface area contributed by atoms with Crippen LogP contribution in [0.5, 0.6) is 0 Å². The molecule has 3 aromatic rings. The first-order valence-electron chi connectivity index (χ1n) is 9.47. The Kier molecular flexibility index (Phi) is 7.00. The van der Waals surface area contributed by atoms with E-state index in [4.69, 9.17) is 9.15 Å². The summed E-state index contributed by atoms with van der Waals surface area (Å²) >= 11 is 0. The van der Waals surface area contributed by atoms with Gasteiger partial charge in [-0.3, -0.25) is 9.59 Å². The third kappa shape index (κ3) is 5.57. The lowest BCUT2D eigenvalue weighted by Crippen LogP contribution is -2.31. The number of ether oxygens (including phenoxy) is 1. The number of furan rings is 1. The topological polar surface area (TPSA) is 97.6 Å². The van der Waals surface area contributed by atoms with Crippen LogP contribution in [0.4, 0.5) is 5.69 Å². The number of para-hydroxylation sites is 1. The molecule has 0 unspecified atom stereocenters. The van der Waals surface area contributed by atoms with E-state index >= 15 is 0 Å². The Labute approximate surface area is 174 Å². The Bertz CT molecular complexity index is 999. The highest BCUT2D eigenvalue weighted by Crippen LogP contribution is 2.18. The van der Waals surface area contributed by atoms with Gasteiger partial charge in [-0.1, -0.05) is 49.4 Å². The van der Waals surface area contributed by atoms with Crippen LogP contribution in [-0.2, 0) is 9.53 Å². The molecule has 0 radical (unpaired) electrons. The van der Waals surface area contributed by atoms with E-state index in [-0.39, 0.29) is 22.9 Å². The maximum Gasteiger partial charge on any atom is 0.340 e. The van der Waals surface area contributed by atoms with Crippen molar-refractivity contribution in [1.29, 1.82) is 0 Å². The van der Waals surface area contributed by atoms with Crippen molar-refractivity contribution >= 4 is 23.5 Å². The lowest BCUT2D eigenvalue weighted by atomic mass is 10.0. The molecule has 7 nitrogen and oxygen atoms in total. The molecule has 154 valence electrons. The summed E-state index contributed by atoms with van der Waals surface area (Å²) in [6.07, 6.45) is 1.38. The van der Waals surface area contributed by atoms with E-state index in [0.29, 0.717) is 6.54 Å². The van der Waals surface area contributed by atoms with Gasteiger partial charge in [-0.15, -0.1) is 0 Å². The molecule has 0 bridgehead atoms. The molecule has 0 aliphatic carbocycles. The highest BCUT2D eigenvalue weighted by molar-refractivity contribution is 6.06. The van der Waals surface area contributed by atoms with Gasteiger partial charge < -0.3 is 19.8 Å². The fourth-order valence-electron chi connectivity index (χ4n) is 2.79. The van der Waals surface area contributed by atoms with Crippen molar-refractivity contribution in [3.8, 4) is 0 Å². The van der Waals surface area contributed by atoms with Gasteiger partial charge in [0.1, 0.15) is 0 Å². The molecule has 0 aliphatic heterocycles. The normalized spacial score (nSPS) is 11.4. The molecule has 3 rings (SSSR count). The molecule has 0 spiro atoms. The van der Waals surface area contributed by atoms with E-state index in [1.54, 1.807) is 24.3 Å². The van der Waals surface area contributed by atoms with Crippen LogP contribution >= 0.6 is 0 Å². The van der Waals surface area contributed by atoms with Crippen LogP contribution < -0.4 is 10.6 Å². The molecule has 7 heteroatoms. The molecule has 30 heavy (non-hydrogen) atoms. The zero-order chi connectivity index (χ0) is 21.3. The molecule has 1 heterocycles. The smallest absolute Gasteiger partial charge is 0.340 e. The SMILES string of the molecule is C[C@@H](CNC(=O)COC(=O)c1ccccc1NC(=O)c1ccco1)c1ccccc1. The van der Waals surface area contributed by atoms with Gasteiger partial charge in [0.05, 0.1) is 17.5 Å². The van der Waals surface area contributed by atoms with E-state index < -0.39 is 24.4 Å². The number of carbonyl (C=O) groups is 3. The molecule has 1 aromatic heterocycles. The maximum absolute atomic E-state index is 12.4. The molecule has 0 fully saturated rings. The first kappa shape index (κ1) is 20.9. The Morgan fingerprint density at radius 1 is 0.967 bits per heavy atom. The van der Waals surface area contributed by atoms with Crippen molar-refractivity contribution in [3.63, 3.8) is 0 Å². The first-order valence-corrected chi connectivity index (χ1v) is 9.47. The van der Waals surface area contributed by atoms with Crippen LogP contribution in [0, 0.1) is 0 Å². The third-order valence-electron chi connectivity index (χ3n) is 4.45. The number of rotatable bonds is 8. The Hall–Kier alpha value is -3.87. The number of nitrogens with one attached hydrogen (secondary N) is 2. The summed E-state index contributed by atoms with van der Waals surface area (Å²) in [7, 11) is 0. The van der Waals surface area contributed by atoms with Crippen molar-refractivity contribution in [2.45, 2.75) is 12.8 Å². The minimum atomic E-state index is -0.711. The molecule has 0 saturated carbocycles. The van der Waals surface area contributed by atoms with Crippen molar-refractivity contribution in [2.75, 3.05) is 18.5 Å². The number of benzene rings is 2. The molecule has 2 amide bonds. The van der Waals surface area contributed by atoms with E-state index in [1.165, 1.54) is 18.4 Å². The molecule has 0 aliphatic rings. The molecule has 2 N–H and O–H groups in total. The summed E-state index contributed by atoms with van der Waals surface area (Å²) in [4.78, 5) is 36.6. The van der Waals surface area contributed by atoms with Crippen LogP contribution in [0.25, 0.3) is 0 Å². The summed E-state index contributed by atoms with van der Waals surface area (Å²) in [5.41, 5.74) is 1.51. The summed E-state index contributed by atoms with van der Waals surface area (Å²) in [5.74, 6) is -1.36. The van der Waals surface area contributed by atoms with Crippen LogP contribution in [0.15, 0.2) is 77.4 Å². The number of hydrogen-bond acceptors (Lipinski definition) is 5. The Morgan fingerprint density at radius 3 is 2.43 bits per heavy atom. The zero-order valence-electron chi connectivity index (χ0n) is 16.5. The summed E-state index contributed by atoms with van der Waals surface area (Å²) in [6, 6.07) is 19.3. The van der Waals surface area contributed by atoms with Gasteiger partial charge in [-0.2, -0.15) is 0 Å². The predicted molar refractivity (Wildman–Crippen MR) is 111 cm³/mol. The summed E-state index contributed by atoms with van der Waals surface area (Å²) in [6.45, 7) is 2.01. The fraction of sp³-hybridized carbons (Fsp3) is 0.174. The minimum absolute atomic E-state index is 0.116. The monoisotopic (exact) mass is 406 g/mol. The van der Waals surface area contributed by atoms with E-state index in [1.807, 2.05) is 37.3 Å². The number of amides is 2. The van der Waals surface area contributed by atoms with Crippen molar-refractivity contribution in [3.05, 3.63) is 89.9 Å². The number of esters is 1. The number of anilines is 1. The Morgan fingerprint density at radius 2 is 1.70 bits per heavy atom. The molecule has 0 saturated heterocycles. The zero-order valence-corrected chi connectivity index (χ0v) is 16.5. The third-order valence-corrected chi connectivity index (χ3v) is 4.45. The lowest BCUT2D eigenvalue weighted by Gasteiger charge is -2.13. The van der Waals surface area contributed by atoms with Crippen LogP contribution in [0.1, 0.15) is 39.3 Å². The predicted octanol–water partition coefficient (Wildman–Crippen LogP) is 3.61. The quantitative estimate of drug-likeness (QED) is 0.557. The van der Waals surface area contributed by atoms with Crippen LogP contribution in [0.3, 0.4) is 0 Å². The average Bonchev–Trinajstić information content (AvgIpc) is 3.32. The van der Waals surface area contributed by atoms with Gasteiger partial charge in [-0.05, 0) is 35.7 Å². The fourth-order valence-corrected chi connectivity index (χ4v) is 2.79. The first-order chi connectivity index (χ1) is 14.5. The highest BCUT2D eigenvalue weighted by atomic mass is 16.5. The van der Waals surface area contributed by atoms with Gasteiger partial charge in [0.2, 0.25) is 0 Å². The second kappa shape index (κ2) is 10.1. The lowest BCUT2D eigenvalue weighted by molar-refractivity contribution is -0.124. The molecule has 2 aromatic carbocycles. The summed E-state index contributed by atoms with van der Waals surface area (Å²) in [5, 5.41) is 5.36. The average molecular weight is 406 g/mol. The van der Waals surface area contributed by atoms with Gasteiger partial charge >= 0.3 is 5.97 Å². The molecular weight excluding hydrogens is 384 g/mol. The number of hydrogen-bond donors (Lipinski definition) is 2. The highest BCUT2D eigenvalue weighted by Gasteiger charge is 2.17. The van der Waals surface area contributed by atoms with Crippen molar-refractivity contribution in [2.24, 2.45) is 0 Å². The maximum atomic E-state index is 12.4. The van der Waals surface area contributed by atoms with Crippen LogP contribution in [0.2, 0.25) is 0 Å². The minimum Gasteiger partial charge on any atom is -0.459 e. The largest absolute Gasteiger partial charge is 0.459 e. The summed E-state index contributed by atoms with van der Waals surface area (Å²) < 4.78 is 10.2. The van der Waals surface area contributed by atoms with E-state index in [2.05, 4.69) is 10.6 Å².